The molecule has 90 valence electrons. The molecule has 0 aromatic carbocycles. The summed E-state index contributed by atoms with van der Waals surface area (Å²) in [5.41, 5.74) is 0.766. The second kappa shape index (κ2) is 5.01. The van der Waals surface area contributed by atoms with Gasteiger partial charge in [-0.25, -0.2) is 0 Å². The number of piperazine rings is 1. The SMILES string of the molecule is C=C/C=C1/OCC2CNCC(=O)N2/C1=C/C=C. The average Bonchev–Trinajstić information content (AvgIpc) is 2.33. The third-order valence-electron chi connectivity index (χ3n) is 2.78. The lowest BCUT2D eigenvalue weighted by molar-refractivity contribution is -0.135. The van der Waals surface area contributed by atoms with Crippen molar-refractivity contribution in [3.63, 3.8) is 0 Å². The summed E-state index contributed by atoms with van der Waals surface area (Å²) >= 11 is 0. The van der Waals surface area contributed by atoms with Crippen molar-refractivity contribution in [3.05, 3.63) is 48.9 Å². The van der Waals surface area contributed by atoms with Crippen LogP contribution < -0.4 is 5.32 Å². The summed E-state index contributed by atoms with van der Waals surface area (Å²) in [7, 11) is 0. The molecule has 0 bridgehead atoms. The number of carbonyl (C=O) groups excluding carboxylic acids is 1. The highest BCUT2D eigenvalue weighted by Crippen LogP contribution is 2.27. The van der Waals surface area contributed by atoms with Gasteiger partial charge in [-0.2, -0.15) is 0 Å². The van der Waals surface area contributed by atoms with Gasteiger partial charge in [0.15, 0.2) is 0 Å². The Bertz CT molecular complexity index is 410. The van der Waals surface area contributed by atoms with E-state index in [4.69, 9.17) is 4.74 Å². The summed E-state index contributed by atoms with van der Waals surface area (Å²) in [4.78, 5) is 13.7. The van der Waals surface area contributed by atoms with Crippen LogP contribution >= 0.6 is 0 Å². The van der Waals surface area contributed by atoms with Crippen molar-refractivity contribution in [1.29, 1.82) is 0 Å². The van der Waals surface area contributed by atoms with Crippen LogP contribution in [-0.4, -0.2) is 36.5 Å². The molecule has 4 heteroatoms. The van der Waals surface area contributed by atoms with Crippen LogP contribution in [0.4, 0.5) is 0 Å². The number of fused-ring (bicyclic) bond motifs is 1. The lowest BCUT2D eigenvalue weighted by atomic mass is 10.1. The smallest absolute Gasteiger partial charge is 0.241 e. The minimum atomic E-state index is 0.0596. The average molecular weight is 232 g/mol. The molecule has 0 aromatic rings. The summed E-state index contributed by atoms with van der Waals surface area (Å²) in [6.07, 6.45) is 6.87. The maximum atomic E-state index is 11.9. The Morgan fingerprint density at radius 2 is 2.12 bits per heavy atom. The van der Waals surface area contributed by atoms with E-state index in [0.29, 0.717) is 18.9 Å². The number of hydrogen-bond donors (Lipinski definition) is 1. The van der Waals surface area contributed by atoms with Crippen LogP contribution in [0.15, 0.2) is 48.9 Å². The summed E-state index contributed by atoms with van der Waals surface area (Å²) in [5.74, 6) is 0.735. The van der Waals surface area contributed by atoms with Crippen LogP contribution in [0.3, 0.4) is 0 Å². The fraction of sp³-hybridized carbons (Fsp3) is 0.308. The first-order valence-corrected chi connectivity index (χ1v) is 5.59. The molecule has 0 aromatic heterocycles. The van der Waals surface area contributed by atoms with Gasteiger partial charge in [-0.1, -0.05) is 25.3 Å². The first kappa shape index (κ1) is 11.7. The maximum absolute atomic E-state index is 11.9. The standard InChI is InChI=1S/C13H16N2O2/c1-3-5-11-12(6-4-2)17-9-10-7-14-8-13(16)15(10)11/h3-6,10,14H,1-2,7-9H2/b11-5+,12-6+. The third kappa shape index (κ3) is 2.17. The highest BCUT2D eigenvalue weighted by molar-refractivity contribution is 5.82. The topological polar surface area (TPSA) is 41.6 Å². The molecule has 1 unspecified atom stereocenters. The van der Waals surface area contributed by atoms with Crippen molar-refractivity contribution in [1.82, 2.24) is 10.2 Å². The minimum absolute atomic E-state index is 0.0596. The molecule has 2 heterocycles. The van der Waals surface area contributed by atoms with E-state index >= 15 is 0 Å². The lowest BCUT2D eigenvalue weighted by Gasteiger charge is -2.41. The van der Waals surface area contributed by atoms with E-state index in [1.807, 2.05) is 0 Å². The van der Waals surface area contributed by atoms with E-state index in [9.17, 15) is 4.79 Å². The predicted octanol–water partition coefficient (Wildman–Crippen LogP) is 0.957. The van der Waals surface area contributed by atoms with Crippen molar-refractivity contribution in [2.75, 3.05) is 19.7 Å². The van der Waals surface area contributed by atoms with Gasteiger partial charge in [-0.15, -0.1) is 0 Å². The summed E-state index contributed by atoms with van der Waals surface area (Å²) in [6.45, 7) is 8.95. The van der Waals surface area contributed by atoms with E-state index in [1.54, 1.807) is 29.2 Å². The highest BCUT2D eigenvalue weighted by atomic mass is 16.5. The number of hydrogen-bond acceptors (Lipinski definition) is 3. The van der Waals surface area contributed by atoms with E-state index in [0.717, 1.165) is 12.2 Å². The van der Waals surface area contributed by atoms with Crippen molar-refractivity contribution in [2.45, 2.75) is 6.04 Å². The Hall–Kier alpha value is -1.81. The van der Waals surface area contributed by atoms with Crippen molar-refractivity contribution in [2.24, 2.45) is 0 Å². The van der Waals surface area contributed by atoms with Crippen LogP contribution in [0, 0.1) is 0 Å². The Morgan fingerprint density at radius 3 is 2.82 bits per heavy atom. The second-order valence-corrected chi connectivity index (χ2v) is 3.91. The van der Waals surface area contributed by atoms with E-state index in [-0.39, 0.29) is 11.9 Å². The van der Waals surface area contributed by atoms with E-state index < -0.39 is 0 Å². The third-order valence-corrected chi connectivity index (χ3v) is 2.78. The zero-order chi connectivity index (χ0) is 12.3. The van der Waals surface area contributed by atoms with Gasteiger partial charge in [-0.3, -0.25) is 4.79 Å². The van der Waals surface area contributed by atoms with Crippen molar-refractivity contribution in [3.8, 4) is 0 Å². The molecule has 0 aliphatic carbocycles. The van der Waals surface area contributed by atoms with Crippen LogP contribution in [0.1, 0.15) is 0 Å². The molecule has 2 fully saturated rings. The molecule has 0 spiro atoms. The van der Waals surface area contributed by atoms with Crippen LogP contribution in [0.5, 0.6) is 0 Å². The van der Waals surface area contributed by atoms with Gasteiger partial charge in [-0.05, 0) is 12.2 Å². The Balaban J connectivity index is 2.37. The fourth-order valence-corrected chi connectivity index (χ4v) is 2.08. The molecule has 4 nitrogen and oxygen atoms in total. The molecular weight excluding hydrogens is 216 g/mol. The zero-order valence-electron chi connectivity index (χ0n) is 9.69. The molecule has 0 saturated carbocycles. The Labute approximate surface area is 101 Å². The lowest BCUT2D eigenvalue weighted by Crippen LogP contribution is -2.58. The predicted molar refractivity (Wildman–Crippen MR) is 66.0 cm³/mol. The second-order valence-electron chi connectivity index (χ2n) is 3.91. The van der Waals surface area contributed by atoms with Gasteiger partial charge in [0.05, 0.1) is 18.3 Å². The normalized spacial score (nSPS) is 28.8. The van der Waals surface area contributed by atoms with Gasteiger partial charge in [0.25, 0.3) is 0 Å². The summed E-state index contributed by atoms with van der Waals surface area (Å²) in [5, 5.41) is 3.08. The summed E-state index contributed by atoms with van der Waals surface area (Å²) in [6, 6.07) is 0.0596. The van der Waals surface area contributed by atoms with Gasteiger partial charge in [0, 0.05) is 6.54 Å². The number of ether oxygens (including phenoxy) is 1. The molecule has 2 aliphatic heterocycles. The molecule has 0 radical (unpaired) electrons. The van der Waals surface area contributed by atoms with Gasteiger partial charge in [0.2, 0.25) is 5.91 Å². The monoisotopic (exact) mass is 232 g/mol. The van der Waals surface area contributed by atoms with Crippen LogP contribution in [-0.2, 0) is 9.53 Å². The molecular formula is C13H16N2O2. The van der Waals surface area contributed by atoms with Gasteiger partial charge < -0.3 is 15.0 Å². The Morgan fingerprint density at radius 1 is 1.35 bits per heavy atom. The number of allylic oxidation sites excluding steroid dienone is 4. The first-order valence-electron chi connectivity index (χ1n) is 5.59. The number of nitrogens with zero attached hydrogens (tertiary/aromatic N) is 1. The number of nitrogens with one attached hydrogen (secondary N) is 1. The molecule has 1 N–H and O–H groups in total. The largest absolute Gasteiger partial charge is 0.489 e. The van der Waals surface area contributed by atoms with Crippen LogP contribution in [0.25, 0.3) is 0 Å². The van der Waals surface area contributed by atoms with Crippen molar-refractivity contribution >= 4 is 5.91 Å². The minimum Gasteiger partial charge on any atom is -0.489 e. The quantitative estimate of drug-likeness (QED) is 0.771. The molecule has 2 aliphatic rings. The molecule has 17 heavy (non-hydrogen) atoms. The molecule has 2 saturated heterocycles. The number of rotatable bonds is 2. The fourth-order valence-electron chi connectivity index (χ4n) is 2.08. The number of amides is 1. The molecule has 2 rings (SSSR count). The highest BCUT2D eigenvalue weighted by Gasteiger charge is 2.36. The summed E-state index contributed by atoms with van der Waals surface area (Å²) < 4.78 is 5.64. The zero-order valence-corrected chi connectivity index (χ0v) is 9.69. The maximum Gasteiger partial charge on any atom is 0.241 e. The van der Waals surface area contributed by atoms with Crippen molar-refractivity contribution < 1.29 is 9.53 Å². The van der Waals surface area contributed by atoms with E-state index in [2.05, 4.69) is 18.5 Å². The molecule has 1 amide bonds. The first-order chi connectivity index (χ1) is 8.27. The van der Waals surface area contributed by atoms with Gasteiger partial charge in [0.1, 0.15) is 12.4 Å². The Kier molecular flexibility index (Phi) is 3.44. The van der Waals surface area contributed by atoms with Gasteiger partial charge >= 0.3 is 0 Å². The number of morpholine rings is 1. The molecule has 1 atom stereocenters. The van der Waals surface area contributed by atoms with Crippen LogP contribution in [0.2, 0.25) is 0 Å². The number of carbonyl (C=O) groups is 1. The van der Waals surface area contributed by atoms with E-state index in [1.165, 1.54) is 0 Å².